The summed E-state index contributed by atoms with van der Waals surface area (Å²) in [5.41, 5.74) is 8.41. The molecule has 0 fully saturated rings. The van der Waals surface area contributed by atoms with Crippen molar-refractivity contribution in [2.45, 2.75) is 32.9 Å². The Bertz CT molecular complexity index is 546. The fourth-order valence-electron chi connectivity index (χ4n) is 1.98. The summed E-state index contributed by atoms with van der Waals surface area (Å²) >= 11 is 0. The topological polar surface area (TPSA) is 44.5 Å². The molecule has 2 aromatic carbocycles. The second-order valence-corrected chi connectivity index (χ2v) is 5.47. The summed E-state index contributed by atoms with van der Waals surface area (Å²) in [6, 6.07) is 15.7. The second-order valence-electron chi connectivity index (χ2n) is 5.47. The standard InChI is InChI=1S/C18H23NO2/c1-13(2)21-17-10-6-15(7-11-17)18(19)12-20-16-8-4-14(3)5-9-16/h4-11,13,18H,12,19H2,1-3H3. The van der Waals surface area contributed by atoms with E-state index < -0.39 is 0 Å². The number of nitrogens with two attached hydrogens (primary N) is 1. The molecule has 0 spiro atoms. The Morgan fingerprint density at radius 1 is 0.905 bits per heavy atom. The first kappa shape index (κ1) is 15.4. The van der Waals surface area contributed by atoms with Gasteiger partial charge in [-0.05, 0) is 50.6 Å². The van der Waals surface area contributed by atoms with Gasteiger partial charge in [-0.2, -0.15) is 0 Å². The maximum Gasteiger partial charge on any atom is 0.119 e. The van der Waals surface area contributed by atoms with Crippen molar-refractivity contribution in [2.75, 3.05) is 6.61 Å². The lowest BCUT2D eigenvalue weighted by Crippen LogP contribution is -2.19. The van der Waals surface area contributed by atoms with Gasteiger partial charge >= 0.3 is 0 Å². The molecule has 21 heavy (non-hydrogen) atoms. The summed E-state index contributed by atoms with van der Waals surface area (Å²) in [7, 11) is 0. The summed E-state index contributed by atoms with van der Waals surface area (Å²) in [6.45, 7) is 6.52. The van der Waals surface area contributed by atoms with Crippen molar-refractivity contribution in [1.29, 1.82) is 0 Å². The first-order valence-corrected chi connectivity index (χ1v) is 7.26. The van der Waals surface area contributed by atoms with Crippen LogP contribution in [0.5, 0.6) is 11.5 Å². The van der Waals surface area contributed by atoms with Crippen LogP contribution in [0.2, 0.25) is 0 Å². The zero-order valence-electron chi connectivity index (χ0n) is 12.9. The van der Waals surface area contributed by atoms with Crippen LogP contribution in [0, 0.1) is 6.92 Å². The van der Waals surface area contributed by atoms with E-state index in [9.17, 15) is 0 Å². The third-order valence-electron chi connectivity index (χ3n) is 3.13. The van der Waals surface area contributed by atoms with Crippen molar-refractivity contribution >= 4 is 0 Å². The number of aryl methyl sites for hydroxylation is 1. The molecule has 0 aliphatic heterocycles. The zero-order chi connectivity index (χ0) is 15.2. The fraction of sp³-hybridized carbons (Fsp3) is 0.333. The van der Waals surface area contributed by atoms with Crippen LogP contribution < -0.4 is 15.2 Å². The van der Waals surface area contributed by atoms with E-state index in [1.54, 1.807) is 0 Å². The number of hydrogen-bond acceptors (Lipinski definition) is 3. The zero-order valence-corrected chi connectivity index (χ0v) is 12.9. The molecule has 2 rings (SSSR count). The monoisotopic (exact) mass is 285 g/mol. The van der Waals surface area contributed by atoms with E-state index in [0.29, 0.717) is 6.61 Å². The highest BCUT2D eigenvalue weighted by Crippen LogP contribution is 2.19. The average molecular weight is 285 g/mol. The summed E-state index contributed by atoms with van der Waals surface area (Å²) < 4.78 is 11.3. The van der Waals surface area contributed by atoms with Gasteiger partial charge in [-0.15, -0.1) is 0 Å². The average Bonchev–Trinajstić information content (AvgIpc) is 2.46. The lowest BCUT2D eigenvalue weighted by atomic mass is 10.1. The molecule has 0 aliphatic rings. The van der Waals surface area contributed by atoms with Crippen molar-refractivity contribution in [2.24, 2.45) is 5.73 Å². The van der Waals surface area contributed by atoms with Gasteiger partial charge in [0.05, 0.1) is 12.1 Å². The van der Waals surface area contributed by atoms with Crippen molar-refractivity contribution in [3.05, 3.63) is 59.7 Å². The minimum absolute atomic E-state index is 0.153. The summed E-state index contributed by atoms with van der Waals surface area (Å²) in [6.07, 6.45) is 0.175. The smallest absolute Gasteiger partial charge is 0.119 e. The third kappa shape index (κ3) is 4.80. The van der Waals surface area contributed by atoms with Crippen LogP contribution in [0.3, 0.4) is 0 Å². The Morgan fingerprint density at radius 2 is 1.48 bits per heavy atom. The van der Waals surface area contributed by atoms with E-state index >= 15 is 0 Å². The van der Waals surface area contributed by atoms with Crippen LogP contribution >= 0.6 is 0 Å². The Morgan fingerprint density at radius 3 is 2.05 bits per heavy atom. The molecule has 0 radical (unpaired) electrons. The van der Waals surface area contributed by atoms with Crippen molar-refractivity contribution < 1.29 is 9.47 Å². The molecule has 0 amide bonds. The Labute approximate surface area is 126 Å². The largest absolute Gasteiger partial charge is 0.492 e. The predicted octanol–water partition coefficient (Wildman–Crippen LogP) is 3.86. The molecular weight excluding hydrogens is 262 g/mol. The van der Waals surface area contributed by atoms with E-state index in [-0.39, 0.29) is 12.1 Å². The molecule has 1 atom stereocenters. The summed E-state index contributed by atoms with van der Waals surface area (Å²) in [5, 5.41) is 0. The molecule has 0 saturated heterocycles. The number of benzene rings is 2. The van der Waals surface area contributed by atoms with E-state index in [2.05, 4.69) is 6.92 Å². The molecule has 0 heterocycles. The van der Waals surface area contributed by atoms with Gasteiger partial charge < -0.3 is 15.2 Å². The van der Waals surface area contributed by atoms with E-state index in [4.69, 9.17) is 15.2 Å². The first-order valence-electron chi connectivity index (χ1n) is 7.26. The van der Waals surface area contributed by atoms with E-state index in [0.717, 1.165) is 17.1 Å². The maximum atomic E-state index is 6.16. The molecule has 2 aromatic rings. The highest BCUT2D eigenvalue weighted by atomic mass is 16.5. The van der Waals surface area contributed by atoms with Crippen LogP contribution in [0.4, 0.5) is 0 Å². The van der Waals surface area contributed by atoms with Crippen LogP contribution in [-0.2, 0) is 0 Å². The molecule has 3 heteroatoms. The fourth-order valence-corrected chi connectivity index (χ4v) is 1.98. The minimum atomic E-state index is -0.153. The molecule has 0 bridgehead atoms. The Hall–Kier alpha value is -2.00. The summed E-state index contributed by atoms with van der Waals surface area (Å²) in [5.74, 6) is 1.70. The van der Waals surface area contributed by atoms with Gasteiger partial charge in [0.2, 0.25) is 0 Å². The van der Waals surface area contributed by atoms with Gasteiger partial charge in [0.15, 0.2) is 0 Å². The van der Waals surface area contributed by atoms with Crippen LogP contribution in [0.25, 0.3) is 0 Å². The maximum absolute atomic E-state index is 6.16. The van der Waals surface area contributed by atoms with Crippen LogP contribution in [0.1, 0.15) is 31.0 Å². The lowest BCUT2D eigenvalue weighted by Gasteiger charge is -2.15. The molecule has 0 saturated carbocycles. The number of rotatable bonds is 6. The molecule has 1 unspecified atom stereocenters. The number of hydrogen-bond donors (Lipinski definition) is 1. The van der Waals surface area contributed by atoms with Gasteiger partial charge in [0, 0.05) is 0 Å². The van der Waals surface area contributed by atoms with Crippen molar-refractivity contribution in [3.63, 3.8) is 0 Å². The van der Waals surface area contributed by atoms with E-state index in [1.807, 2.05) is 62.4 Å². The predicted molar refractivity (Wildman–Crippen MR) is 85.8 cm³/mol. The first-order chi connectivity index (χ1) is 10.0. The molecule has 0 aliphatic carbocycles. The van der Waals surface area contributed by atoms with Gasteiger partial charge in [-0.1, -0.05) is 29.8 Å². The quantitative estimate of drug-likeness (QED) is 0.876. The Kier molecular flexibility index (Phi) is 5.23. The Balaban J connectivity index is 1.90. The summed E-state index contributed by atoms with van der Waals surface area (Å²) in [4.78, 5) is 0. The van der Waals surface area contributed by atoms with Crippen LogP contribution in [0.15, 0.2) is 48.5 Å². The minimum Gasteiger partial charge on any atom is -0.492 e. The van der Waals surface area contributed by atoms with Crippen molar-refractivity contribution in [1.82, 2.24) is 0 Å². The number of ether oxygens (including phenoxy) is 2. The third-order valence-corrected chi connectivity index (χ3v) is 3.13. The highest BCUT2D eigenvalue weighted by Gasteiger charge is 2.07. The highest BCUT2D eigenvalue weighted by molar-refractivity contribution is 5.30. The molecule has 3 nitrogen and oxygen atoms in total. The second kappa shape index (κ2) is 7.14. The SMILES string of the molecule is Cc1ccc(OCC(N)c2ccc(OC(C)C)cc2)cc1. The lowest BCUT2D eigenvalue weighted by molar-refractivity contribution is 0.242. The molecule has 112 valence electrons. The molecule has 0 aromatic heterocycles. The normalized spacial score (nSPS) is 12.2. The van der Waals surface area contributed by atoms with Gasteiger partial charge in [-0.3, -0.25) is 0 Å². The molecular formula is C18H23NO2. The van der Waals surface area contributed by atoms with Gasteiger partial charge in [0.1, 0.15) is 18.1 Å². The van der Waals surface area contributed by atoms with Gasteiger partial charge in [0.25, 0.3) is 0 Å². The van der Waals surface area contributed by atoms with E-state index in [1.165, 1.54) is 5.56 Å². The van der Waals surface area contributed by atoms with Gasteiger partial charge in [-0.25, -0.2) is 0 Å². The van der Waals surface area contributed by atoms with Crippen LogP contribution in [-0.4, -0.2) is 12.7 Å². The molecule has 2 N–H and O–H groups in total. The van der Waals surface area contributed by atoms with Crippen molar-refractivity contribution in [3.8, 4) is 11.5 Å².